The van der Waals surface area contributed by atoms with E-state index in [1.54, 1.807) is 0 Å². The third-order valence-corrected chi connectivity index (χ3v) is 4.40. The number of fused-ring (bicyclic) bond motifs is 2. The number of aryl methyl sites for hydroxylation is 1. The van der Waals surface area contributed by atoms with Crippen LogP contribution in [-0.2, 0) is 11.2 Å². The summed E-state index contributed by atoms with van der Waals surface area (Å²) in [4.78, 5) is 14.1. The first-order valence-corrected chi connectivity index (χ1v) is 6.96. The quantitative estimate of drug-likeness (QED) is 0.831. The van der Waals surface area contributed by atoms with Crippen molar-refractivity contribution in [2.45, 2.75) is 19.3 Å². The minimum absolute atomic E-state index is 0.296. The summed E-state index contributed by atoms with van der Waals surface area (Å²) in [6, 6.07) is 5.92. The van der Waals surface area contributed by atoms with Crippen molar-refractivity contribution in [1.29, 1.82) is 0 Å². The Hall–Kier alpha value is -1.71. The van der Waals surface area contributed by atoms with Gasteiger partial charge in [0.05, 0.1) is 0 Å². The maximum Gasteiger partial charge on any atom is 0.231 e. The number of carbonyl (C=O) groups is 1. The molecule has 0 aromatic heterocycles. The summed E-state index contributed by atoms with van der Waals surface area (Å²) in [6.07, 6.45) is 2.71. The Kier molecular flexibility index (Phi) is 2.43. The zero-order valence-corrected chi connectivity index (χ0v) is 10.8. The van der Waals surface area contributed by atoms with E-state index in [1.807, 2.05) is 23.1 Å². The molecule has 1 aliphatic carbocycles. The van der Waals surface area contributed by atoms with E-state index in [2.05, 4.69) is 0 Å². The van der Waals surface area contributed by atoms with Gasteiger partial charge in [-0.15, -0.1) is 0 Å². The fraction of sp³-hybridized carbons (Fsp3) is 0.533. The van der Waals surface area contributed by atoms with Crippen molar-refractivity contribution < 1.29 is 14.3 Å². The predicted octanol–water partition coefficient (Wildman–Crippen LogP) is 1.83. The average molecular weight is 259 g/mol. The van der Waals surface area contributed by atoms with E-state index < -0.39 is 0 Å². The Balaban J connectivity index is 1.35. The molecule has 2 aliphatic heterocycles. The monoisotopic (exact) mass is 259 g/mol. The first-order valence-electron chi connectivity index (χ1n) is 6.96. The molecule has 1 saturated heterocycles. The SMILES string of the molecule is O=C(CCc1ccc2c(c1)OCO2)N1CC2CC2C1. The number of amides is 1. The van der Waals surface area contributed by atoms with Crippen LogP contribution in [-0.4, -0.2) is 30.7 Å². The fourth-order valence-electron chi connectivity index (χ4n) is 3.11. The summed E-state index contributed by atoms with van der Waals surface area (Å²) in [5.41, 5.74) is 1.14. The van der Waals surface area contributed by atoms with E-state index in [0.29, 0.717) is 19.1 Å². The van der Waals surface area contributed by atoms with E-state index in [9.17, 15) is 4.79 Å². The zero-order chi connectivity index (χ0) is 12.8. The first-order chi connectivity index (χ1) is 9.29. The minimum atomic E-state index is 0.296. The summed E-state index contributed by atoms with van der Waals surface area (Å²) in [5, 5.41) is 0. The van der Waals surface area contributed by atoms with Crippen LogP contribution >= 0.6 is 0 Å². The van der Waals surface area contributed by atoms with Gasteiger partial charge in [-0.25, -0.2) is 0 Å². The highest BCUT2D eigenvalue weighted by atomic mass is 16.7. The molecule has 0 bridgehead atoms. The second kappa shape index (κ2) is 4.15. The number of piperidine rings is 1. The molecule has 0 spiro atoms. The van der Waals surface area contributed by atoms with E-state index in [0.717, 1.165) is 48.4 Å². The maximum absolute atomic E-state index is 12.1. The van der Waals surface area contributed by atoms with Crippen LogP contribution in [0.2, 0.25) is 0 Å². The fourth-order valence-corrected chi connectivity index (χ4v) is 3.11. The molecule has 3 aliphatic rings. The molecule has 4 heteroatoms. The van der Waals surface area contributed by atoms with Crippen LogP contribution in [0.1, 0.15) is 18.4 Å². The van der Waals surface area contributed by atoms with Gasteiger partial charge in [-0.1, -0.05) is 6.07 Å². The molecule has 2 unspecified atom stereocenters. The van der Waals surface area contributed by atoms with Gasteiger partial charge < -0.3 is 14.4 Å². The lowest BCUT2D eigenvalue weighted by Crippen LogP contribution is -2.30. The summed E-state index contributed by atoms with van der Waals surface area (Å²) >= 11 is 0. The molecule has 4 rings (SSSR count). The van der Waals surface area contributed by atoms with Crippen LogP contribution in [0, 0.1) is 11.8 Å². The van der Waals surface area contributed by atoms with Crippen molar-refractivity contribution in [3.05, 3.63) is 23.8 Å². The molecule has 0 N–H and O–H groups in total. The summed E-state index contributed by atoms with van der Waals surface area (Å²) < 4.78 is 10.6. The molecule has 0 radical (unpaired) electrons. The van der Waals surface area contributed by atoms with Crippen LogP contribution in [0.3, 0.4) is 0 Å². The lowest BCUT2D eigenvalue weighted by Gasteiger charge is -2.17. The van der Waals surface area contributed by atoms with Crippen LogP contribution in [0.15, 0.2) is 18.2 Å². The molecular formula is C15H17NO3. The van der Waals surface area contributed by atoms with Gasteiger partial charge in [-0.2, -0.15) is 0 Å². The Labute approximate surface area is 112 Å². The molecule has 2 atom stereocenters. The molecule has 4 nitrogen and oxygen atoms in total. The zero-order valence-electron chi connectivity index (χ0n) is 10.8. The lowest BCUT2D eigenvalue weighted by molar-refractivity contribution is -0.130. The number of hydrogen-bond acceptors (Lipinski definition) is 3. The number of hydrogen-bond donors (Lipinski definition) is 0. The van der Waals surface area contributed by atoms with Crippen molar-refractivity contribution in [2.24, 2.45) is 11.8 Å². The lowest BCUT2D eigenvalue weighted by atomic mass is 10.1. The third-order valence-electron chi connectivity index (χ3n) is 4.40. The van der Waals surface area contributed by atoms with Gasteiger partial charge in [0.25, 0.3) is 0 Å². The number of rotatable bonds is 3. The maximum atomic E-state index is 12.1. The number of nitrogens with zero attached hydrogens (tertiary/aromatic N) is 1. The van der Waals surface area contributed by atoms with Crippen LogP contribution in [0.5, 0.6) is 11.5 Å². The van der Waals surface area contributed by atoms with Crippen molar-refractivity contribution in [2.75, 3.05) is 19.9 Å². The molecular weight excluding hydrogens is 242 g/mol. The molecule has 19 heavy (non-hydrogen) atoms. The van der Waals surface area contributed by atoms with Gasteiger partial charge in [0.1, 0.15) is 0 Å². The normalized spacial score (nSPS) is 26.4. The van der Waals surface area contributed by atoms with Crippen molar-refractivity contribution in [1.82, 2.24) is 4.90 Å². The summed E-state index contributed by atoms with van der Waals surface area (Å²) in [6.45, 7) is 2.28. The largest absolute Gasteiger partial charge is 0.454 e. The molecule has 1 amide bonds. The number of likely N-dealkylation sites (tertiary alicyclic amines) is 1. The van der Waals surface area contributed by atoms with Gasteiger partial charge in [0, 0.05) is 19.5 Å². The molecule has 2 heterocycles. The van der Waals surface area contributed by atoms with Crippen LogP contribution in [0.4, 0.5) is 0 Å². The van der Waals surface area contributed by atoms with E-state index in [-0.39, 0.29) is 0 Å². The van der Waals surface area contributed by atoms with E-state index in [4.69, 9.17) is 9.47 Å². The Morgan fingerprint density at radius 1 is 1.21 bits per heavy atom. The van der Waals surface area contributed by atoms with Gasteiger partial charge in [0.2, 0.25) is 12.7 Å². The second-order valence-electron chi connectivity index (χ2n) is 5.74. The van der Waals surface area contributed by atoms with Crippen molar-refractivity contribution >= 4 is 5.91 Å². The summed E-state index contributed by atoms with van der Waals surface area (Å²) in [5.74, 6) is 3.52. The van der Waals surface area contributed by atoms with Gasteiger partial charge in [0.15, 0.2) is 11.5 Å². The Morgan fingerprint density at radius 3 is 2.84 bits per heavy atom. The van der Waals surface area contributed by atoms with Crippen molar-refractivity contribution in [3.63, 3.8) is 0 Å². The van der Waals surface area contributed by atoms with Crippen molar-refractivity contribution in [3.8, 4) is 11.5 Å². The highest BCUT2D eigenvalue weighted by Gasteiger charge is 2.46. The molecule has 2 fully saturated rings. The molecule has 1 aromatic rings. The van der Waals surface area contributed by atoms with E-state index >= 15 is 0 Å². The minimum Gasteiger partial charge on any atom is -0.454 e. The Morgan fingerprint density at radius 2 is 2.00 bits per heavy atom. The average Bonchev–Trinajstić information content (AvgIpc) is 2.87. The highest BCUT2D eigenvalue weighted by molar-refractivity contribution is 5.77. The number of benzene rings is 1. The highest BCUT2D eigenvalue weighted by Crippen LogP contribution is 2.45. The smallest absolute Gasteiger partial charge is 0.231 e. The predicted molar refractivity (Wildman–Crippen MR) is 69.1 cm³/mol. The first kappa shape index (κ1) is 11.1. The molecule has 100 valence electrons. The van der Waals surface area contributed by atoms with Gasteiger partial charge >= 0.3 is 0 Å². The Bertz CT molecular complexity index is 518. The molecule has 1 aromatic carbocycles. The van der Waals surface area contributed by atoms with E-state index in [1.165, 1.54) is 6.42 Å². The topological polar surface area (TPSA) is 38.8 Å². The molecule has 1 saturated carbocycles. The van der Waals surface area contributed by atoms with Gasteiger partial charge in [-0.05, 0) is 42.4 Å². The summed E-state index contributed by atoms with van der Waals surface area (Å²) in [7, 11) is 0. The number of carbonyl (C=O) groups excluding carboxylic acids is 1. The number of ether oxygens (including phenoxy) is 2. The van der Waals surface area contributed by atoms with Crippen LogP contribution < -0.4 is 9.47 Å². The van der Waals surface area contributed by atoms with Crippen LogP contribution in [0.25, 0.3) is 0 Å². The third kappa shape index (κ3) is 2.05. The second-order valence-corrected chi connectivity index (χ2v) is 5.74. The standard InChI is InChI=1S/C15H17NO3/c17-15(16-7-11-6-12(11)8-16)4-2-10-1-3-13-14(5-10)19-9-18-13/h1,3,5,11-12H,2,4,6-9H2. The van der Waals surface area contributed by atoms with Gasteiger partial charge in [-0.3, -0.25) is 4.79 Å².